The summed E-state index contributed by atoms with van der Waals surface area (Å²) in [5, 5.41) is 19.3. The van der Waals surface area contributed by atoms with E-state index in [0.29, 0.717) is 5.69 Å². The Morgan fingerprint density at radius 1 is 0.679 bits per heavy atom. The van der Waals surface area contributed by atoms with Crippen molar-refractivity contribution in [1.82, 2.24) is 57.1 Å². The molecule has 0 aliphatic heterocycles. The Labute approximate surface area is 457 Å². The molecule has 25 heteroatoms. The fourth-order valence-corrected chi connectivity index (χ4v) is 8.97. The van der Waals surface area contributed by atoms with E-state index >= 15 is 0 Å². The number of amides is 10. The number of nitrogens with two attached hydrogens (primary N) is 3. The summed E-state index contributed by atoms with van der Waals surface area (Å²) >= 11 is 1.29. The van der Waals surface area contributed by atoms with Crippen molar-refractivity contribution in [3.05, 3.63) is 90.1 Å². The van der Waals surface area contributed by atoms with Crippen LogP contribution in [0.2, 0.25) is 0 Å². The van der Waals surface area contributed by atoms with Gasteiger partial charge in [0.05, 0.1) is 24.8 Å². The molecule has 4 rings (SSSR count). The number of aromatic nitrogens is 3. The van der Waals surface area contributed by atoms with Crippen molar-refractivity contribution in [2.24, 2.45) is 29.0 Å². The highest BCUT2D eigenvalue weighted by Gasteiger charge is 2.35. The van der Waals surface area contributed by atoms with Gasteiger partial charge in [0.2, 0.25) is 59.1 Å². The van der Waals surface area contributed by atoms with Gasteiger partial charge in [0.1, 0.15) is 42.3 Å². The molecule has 0 bridgehead atoms. The number of H-pyrrole nitrogens is 2. The third-order valence-corrected chi connectivity index (χ3v) is 13.3. The lowest BCUT2D eigenvalue weighted by Crippen LogP contribution is -2.59. The van der Waals surface area contributed by atoms with Crippen LogP contribution >= 0.6 is 11.8 Å². The Balaban J connectivity index is 1.46. The number of hydrogen-bond donors (Lipinski definition) is 12. The van der Waals surface area contributed by atoms with E-state index in [1.807, 2.05) is 44.2 Å². The normalized spacial score (nSPS) is 14.3. The zero-order chi connectivity index (χ0) is 57.6. The summed E-state index contributed by atoms with van der Waals surface area (Å²) in [5.41, 5.74) is 20.1. The Morgan fingerprint density at radius 3 is 1.94 bits per heavy atom. The lowest BCUT2D eigenvalue weighted by molar-refractivity contribution is -0.141. The van der Waals surface area contributed by atoms with Crippen molar-refractivity contribution in [1.29, 1.82) is 0 Å². The molecule has 0 fully saturated rings. The predicted molar refractivity (Wildman–Crippen MR) is 294 cm³/mol. The van der Waals surface area contributed by atoms with Crippen LogP contribution in [0, 0.1) is 11.8 Å². The molecule has 4 aromatic rings. The number of nitrogens with zero attached hydrogens (tertiary/aromatic N) is 2. The number of hydrogen-bond acceptors (Lipinski definition) is 13. The van der Waals surface area contributed by atoms with Gasteiger partial charge in [0, 0.05) is 41.8 Å². The predicted octanol–water partition coefficient (Wildman–Crippen LogP) is -0.328. The van der Waals surface area contributed by atoms with Crippen LogP contribution in [-0.4, -0.2) is 146 Å². The summed E-state index contributed by atoms with van der Waals surface area (Å²) in [6, 6.07) is 6.94. The van der Waals surface area contributed by atoms with E-state index in [1.165, 1.54) is 43.0 Å². The Hall–Kier alpha value is -7.80. The second-order valence-corrected chi connectivity index (χ2v) is 20.7. The standard InChI is InChI=1S/C53H76N14O10S/c1-29(2)21-42(53(77)67(28-78-7)32(6)46(56)70)65-51(75)41(23-35-25-57-27-60-35)62-44(69)26-59-52(76)45(30(3)4)66-47(71)31(5)61-49(73)39(18-17-34-24-58-38-16-12-11-15-36(34)38)64-50(74)40(19-20-43(55)68)63-48(72)37(54)22-33-13-9-8-10-14-33/h8-16,24-25,27,29-32,37,39-42,45,58H,17-23,26,28,54H2,1-7H3,(H2,55,68)(H2,56,70)(H,57,60)(H,59,76)(H,61,73)(H,62,69)(H,63,72)(H,64,74)(H,65,75)(H,66,71)/t31-,32-,37+,39-,40-,41-,42-,45-/m0/s1. The molecule has 8 atom stereocenters. The molecule has 0 saturated heterocycles. The fraction of sp³-hybridized carbons (Fsp3) is 0.491. The first-order valence-electron chi connectivity index (χ1n) is 25.8. The molecule has 0 saturated carbocycles. The van der Waals surface area contributed by atoms with Crippen LogP contribution in [0.3, 0.4) is 0 Å². The number of aromatic amines is 2. The van der Waals surface area contributed by atoms with E-state index in [1.54, 1.807) is 50.6 Å². The summed E-state index contributed by atoms with van der Waals surface area (Å²) < 4.78 is 0. The van der Waals surface area contributed by atoms with Gasteiger partial charge in [-0.2, -0.15) is 0 Å². The first-order valence-corrected chi connectivity index (χ1v) is 27.2. The third-order valence-electron chi connectivity index (χ3n) is 12.8. The Bertz CT molecular complexity index is 2680. The molecule has 424 valence electrons. The number of primary amides is 2. The van der Waals surface area contributed by atoms with Crippen LogP contribution in [0.25, 0.3) is 10.9 Å². The van der Waals surface area contributed by atoms with Crippen LogP contribution in [0.5, 0.6) is 0 Å². The maximum atomic E-state index is 14.2. The second-order valence-electron chi connectivity index (χ2n) is 19.9. The maximum absolute atomic E-state index is 14.2. The number of carbonyl (C=O) groups excluding carboxylic acids is 10. The topological polar surface area (TPSA) is 381 Å². The maximum Gasteiger partial charge on any atom is 0.246 e. The highest BCUT2D eigenvalue weighted by atomic mass is 32.2. The number of imidazole rings is 1. The SMILES string of the molecule is CSCN(C(=O)[C@H](CC(C)C)NC(=O)[C@H](Cc1cnc[nH]1)NC(=O)CNC(=O)[C@@H](NC(=O)[C@H](C)NC(=O)[C@H](CCc1c[nH]c2ccccc12)NC(=O)[C@H](CCC(N)=O)NC(=O)[C@H](N)Cc1ccccc1)C(C)C)[C@@H](C)C(N)=O. The molecule has 0 aliphatic carbocycles. The molecule has 2 aromatic heterocycles. The minimum atomic E-state index is -1.33. The van der Waals surface area contributed by atoms with Crippen molar-refractivity contribution in [3.63, 3.8) is 0 Å². The van der Waals surface area contributed by atoms with Crippen LogP contribution in [0.15, 0.2) is 73.3 Å². The van der Waals surface area contributed by atoms with Crippen LogP contribution in [0.1, 0.15) is 84.0 Å². The number of thioether (sulfide) groups is 1. The lowest BCUT2D eigenvalue weighted by Gasteiger charge is -2.32. The lowest BCUT2D eigenvalue weighted by atomic mass is 10.0. The third kappa shape index (κ3) is 19.6. The van der Waals surface area contributed by atoms with E-state index in [9.17, 15) is 47.9 Å². The van der Waals surface area contributed by atoms with E-state index in [4.69, 9.17) is 17.2 Å². The first-order chi connectivity index (χ1) is 37.0. The van der Waals surface area contributed by atoms with Crippen molar-refractivity contribution < 1.29 is 47.9 Å². The zero-order valence-corrected chi connectivity index (χ0v) is 46.0. The van der Waals surface area contributed by atoms with Crippen molar-refractivity contribution >= 4 is 81.7 Å². The average Bonchev–Trinajstić information content (AvgIpc) is 4.08. The quantitative estimate of drug-likeness (QED) is 0.0279. The number of rotatable bonds is 32. The zero-order valence-electron chi connectivity index (χ0n) is 45.2. The number of para-hydroxylation sites is 1. The molecule has 78 heavy (non-hydrogen) atoms. The van der Waals surface area contributed by atoms with E-state index in [-0.39, 0.29) is 56.7 Å². The minimum absolute atomic E-state index is 0.0188. The molecule has 0 unspecified atom stereocenters. The molecule has 2 heterocycles. The largest absolute Gasteiger partial charge is 0.370 e. The molecular formula is C53H76N14O10S. The number of nitrogens with one attached hydrogen (secondary N) is 9. The fourth-order valence-electron chi connectivity index (χ4n) is 8.34. The summed E-state index contributed by atoms with van der Waals surface area (Å²) in [7, 11) is 0. The van der Waals surface area contributed by atoms with E-state index in [2.05, 4.69) is 52.2 Å². The van der Waals surface area contributed by atoms with Gasteiger partial charge >= 0.3 is 0 Å². The van der Waals surface area contributed by atoms with Gasteiger partial charge in [-0.1, -0.05) is 76.2 Å². The molecule has 10 amide bonds. The van der Waals surface area contributed by atoms with E-state index in [0.717, 1.165) is 22.0 Å². The van der Waals surface area contributed by atoms with Gasteiger partial charge in [-0.3, -0.25) is 47.9 Å². The van der Waals surface area contributed by atoms with Crippen LogP contribution < -0.4 is 54.4 Å². The highest BCUT2D eigenvalue weighted by Crippen LogP contribution is 2.20. The Kier molecular flexibility index (Phi) is 24.8. The average molecular weight is 1100 g/mol. The molecular weight excluding hydrogens is 1020 g/mol. The summed E-state index contributed by atoms with van der Waals surface area (Å²) in [5.74, 6) is -7.82. The number of benzene rings is 2. The smallest absolute Gasteiger partial charge is 0.246 e. The second kappa shape index (κ2) is 30.8. The number of aryl methyl sites for hydroxylation is 1. The van der Waals surface area contributed by atoms with Gasteiger partial charge in [-0.05, 0) is 81.2 Å². The van der Waals surface area contributed by atoms with Crippen LogP contribution in [0.4, 0.5) is 0 Å². The summed E-state index contributed by atoms with van der Waals surface area (Å²) in [6.45, 7) is 9.24. The van der Waals surface area contributed by atoms with Crippen molar-refractivity contribution in [3.8, 4) is 0 Å². The van der Waals surface area contributed by atoms with E-state index < -0.39 is 120 Å². The van der Waals surface area contributed by atoms with Gasteiger partial charge in [-0.15, -0.1) is 11.8 Å². The molecule has 24 nitrogen and oxygen atoms in total. The molecule has 0 aliphatic rings. The monoisotopic (exact) mass is 1100 g/mol. The Morgan fingerprint density at radius 2 is 1.31 bits per heavy atom. The van der Waals surface area contributed by atoms with Crippen LogP contribution in [-0.2, 0) is 67.2 Å². The van der Waals surface area contributed by atoms with Gasteiger partial charge in [0.15, 0.2) is 0 Å². The van der Waals surface area contributed by atoms with Crippen molar-refractivity contribution in [2.45, 2.75) is 135 Å². The summed E-state index contributed by atoms with van der Waals surface area (Å²) in [4.78, 5) is 146. The van der Waals surface area contributed by atoms with Gasteiger partial charge < -0.3 is 69.3 Å². The number of carbonyl (C=O) groups is 10. The molecule has 0 radical (unpaired) electrons. The first kappa shape index (κ1) is 62.7. The molecule has 15 N–H and O–H groups in total. The van der Waals surface area contributed by atoms with Gasteiger partial charge in [-0.25, -0.2) is 4.98 Å². The van der Waals surface area contributed by atoms with Crippen molar-refractivity contribution in [2.75, 3.05) is 18.7 Å². The minimum Gasteiger partial charge on any atom is -0.370 e. The molecule has 2 aromatic carbocycles. The highest BCUT2D eigenvalue weighted by molar-refractivity contribution is 7.98. The van der Waals surface area contributed by atoms with Gasteiger partial charge in [0.25, 0.3) is 0 Å². The summed E-state index contributed by atoms with van der Waals surface area (Å²) in [6.07, 6.45) is 6.44. The molecule has 0 spiro atoms. The number of fused-ring (bicyclic) bond motifs is 1.